The maximum Gasteiger partial charge on any atom is 0.239 e. The molecule has 0 aromatic heterocycles. The van der Waals surface area contributed by atoms with Gasteiger partial charge in [0, 0.05) is 18.3 Å². The molecular formula is C19H22N2O4. The molecule has 0 fully saturated rings. The zero-order chi connectivity index (χ0) is 17.5. The SMILES string of the molecule is COc1cccc(CCNC(=O)CNc2ccc3c(c2)OCCO3)c1. The van der Waals surface area contributed by atoms with Crippen molar-refractivity contribution in [1.82, 2.24) is 5.32 Å². The van der Waals surface area contributed by atoms with Crippen LogP contribution in [0.1, 0.15) is 5.56 Å². The molecule has 0 spiro atoms. The van der Waals surface area contributed by atoms with E-state index < -0.39 is 0 Å². The molecule has 0 unspecified atom stereocenters. The summed E-state index contributed by atoms with van der Waals surface area (Å²) in [6.45, 7) is 1.89. The zero-order valence-corrected chi connectivity index (χ0v) is 14.2. The minimum Gasteiger partial charge on any atom is -0.497 e. The fourth-order valence-electron chi connectivity index (χ4n) is 2.57. The Morgan fingerprint density at radius 1 is 1.12 bits per heavy atom. The molecule has 0 atom stereocenters. The van der Waals surface area contributed by atoms with Crippen molar-refractivity contribution in [2.24, 2.45) is 0 Å². The molecule has 0 radical (unpaired) electrons. The van der Waals surface area contributed by atoms with E-state index >= 15 is 0 Å². The fourth-order valence-corrected chi connectivity index (χ4v) is 2.57. The Kier molecular flexibility index (Phi) is 5.61. The highest BCUT2D eigenvalue weighted by Gasteiger charge is 2.12. The summed E-state index contributed by atoms with van der Waals surface area (Å²) >= 11 is 0. The predicted octanol–water partition coefficient (Wildman–Crippen LogP) is 2.24. The average Bonchev–Trinajstić information content (AvgIpc) is 2.66. The van der Waals surface area contributed by atoms with E-state index in [2.05, 4.69) is 10.6 Å². The van der Waals surface area contributed by atoms with Gasteiger partial charge in [-0.15, -0.1) is 0 Å². The Morgan fingerprint density at radius 2 is 1.96 bits per heavy atom. The largest absolute Gasteiger partial charge is 0.497 e. The number of hydrogen-bond acceptors (Lipinski definition) is 5. The second-order valence-corrected chi connectivity index (χ2v) is 5.66. The molecule has 2 aromatic carbocycles. The van der Waals surface area contributed by atoms with Gasteiger partial charge in [-0.05, 0) is 36.2 Å². The van der Waals surface area contributed by atoms with Gasteiger partial charge in [0.1, 0.15) is 19.0 Å². The highest BCUT2D eigenvalue weighted by molar-refractivity contribution is 5.80. The summed E-state index contributed by atoms with van der Waals surface area (Å²) in [5.41, 5.74) is 1.95. The van der Waals surface area contributed by atoms with Crippen LogP contribution in [-0.2, 0) is 11.2 Å². The molecule has 0 aliphatic carbocycles. The molecule has 1 aliphatic heterocycles. The molecule has 0 saturated carbocycles. The van der Waals surface area contributed by atoms with Gasteiger partial charge < -0.3 is 24.8 Å². The van der Waals surface area contributed by atoms with Gasteiger partial charge in [0.15, 0.2) is 11.5 Å². The molecule has 25 heavy (non-hydrogen) atoms. The molecule has 0 saturated heterocycles. The highest BCUT2D eigenvalue weighted by Crippen LogP contribution is 2.32. The lowest BCUT2D eigenvalue weighted by Gasteiger charge is -2.19. The number of rotatable bonds is 7. The van der Waals surface area contributed by atoms with E-state index in [0.717, 1.165) is 29.2 Å². The fraction of sp³-hybridized carbons (Fsp3) is 0.316. The lowest BCUT2D eigenvalue weighted by atomic mass is 10.1. The van der Waals surface area contributed by atoms with Crippen molar-refractivity contribution in [1.29, 1.82) is 0 Å². The summed E-state index contributed by atoms with van der Waals surface area (Å²) in [6, 6.07) is 13.4. The predicted molar refractivity (Wildman–Crippen MR) is 95.6 cm³/mol. The van der Waals surface area contributed by atoms with Gasteiger partial charge >= 0.3 is 0 Å². The smallest absolute Gasteiger partial charge is 0.239 e. The van der Waals surface area contributed by atoms with Crippen LogP contribution in [-0.4, -0.2) is 39.3 Å². The van der Waals surface area contributed by atoms with Crippen molar-refractivity contribution in [3.05, 3.63) is 48.0 Å². The van der Waals surface area contributed by atoms with Crippen LogP contribution in [0.15, 0.2) is 42.5 Å². The normalized spacial score (nSPS) is 12.4. The lowest BCUT2D eigenvalue weighted by Crippen LogP contribution is -2.31. The third kappa shape index (κ3) is 4.79. The Morgan fingerprint density at radius 3 is 2.80 bits per heavy atom. The molecule has 2 aromatic rings. The van der Waals surface area contributed by atoms with E-state index in [4.69, 9.17) is 14.2 Å². The van der Waals surface area contributed by atoms with Crippen LogP contribution in [0.5, 0.6) is 17.2 Å². The third-order valence-corrected chi connectivity index (χ3v) is 3.87. The molecule has 3 rings (SSSR count). The van der Waals surface area contributed by atoms with Gasteiger partial charge in [-0.25, -0.2) is 0 Å². The number of anilines is 1. The van der Waals surface area contributed by atoms with Crippen LogP contribution in [0.3, 0.4) is 0 Å². The maximum absolute atomic E-state index is 12.0. The number of carbonyl (C=O) groups excluding carboxylic acids is 1. The van der Waals surface area contributed by atoms with Crippen LogP contribution >= 0.6 is 0 Å². The van der Waals surface area contributed by atoms with Crippen molar-refractivity contribution in [3.63, 3.8) is 0 Å². The molecule has 1 aliphatic rings. The number of fused-ring (bicyclic) bond motifs is 1. The van der Waals surface area contributed by atoms with Crippen LogP contribution in [0.2, 0.25) is 0 Å². The van der Waals surface area contributed by atoms with Gasteiger partial charge in [-0.1, -0.05) is 12.1 Å². The van der Waals surface area contributed by atoms with E-state index in [1.54, 1.807) is 7.11 Å². The minimum atomic E-state index is -0.0576. The first kappa shape index (κ1) is 17.0. The van der Waals surface area contributed by atoms with Crippen molar-refractivity contribution in [2.75, 3.05) is 38.7 Å². The van der Waals surface area contributed by atoms with E-state index in [1.807, 2.05) is 42.5 Å². The second-order valence-electron chi connectivity index (χ2n) is 5.66. The number of amides is 1. The molecular weight excluding hydrogens is 320 g/mol. The van der Waals surface area contributed by atoms with Crippen molar-refractivity contribution in [2.45, 2.75) is 6.42 Å². The summed E-state index contributed by atoms with van der Waals surface area (Å²) < 4.78 is 16.2. The van der Waals surface area contributed by atoms with Gasteiger partial charge in [-0.3, -0.25) is 4.79 Å². The van der Waals surface area contributed by atoms with Gasteiger partial charge in [0.25, 0.3) is 0 Å². The number of hydrogen-bond donors (Lipinski definition) is 2. The summed E-state index contributed by atoms with van der Waals surface area (Å²) in [4.78, 5) is 12.0. The van der Waals surface area contributed by atoms with Crippen LogP contribution in [0.25, 0.3) is 0 Å². The van der Waals surface area contributed by atoms with Crippen molar-refractivity contribution >= 4 is 11.6 Å². The highest BCUT2D eigenvalue weighted by atomic mass is 16.6. The quantitative estimate of drug-likeness (QED) is 0.808. The molecule has 1 amide bonds. The van der Waals surface area contributed by atoms with Crippen LogP contribution in [0.4, 0.5) is 5.69 Å². The number of ether oxygens (including phenoxy) is 3. The van der Waals surface area contributed by atoms with E-state index in [0.29, 0.717) is 25.5 Å². The Hall–Kier alpha value is -2.89. The number of methoxy groups -OCH3 is 1. The summed E-state index contributed by atoms with van der Waals surface area (Å²) in [6.07, 6.45) is 0.757. The second kappa shape index (κ2) is 8.28. The maximum atomic E-state index is 12.0. The molecule has 132 valence electrons. The molecule has 1 heterocycles. The first-order valence-electron chi connectivity index (χ1n) is 8.28. The Balaban J connectivity index is 1.42. The van der Waals surface area contributed by atoms with Gasteiger partial charge in [-0.2, -0.15) is 0 Å². The van der Waals surface area contributed by atoms with E-state index in [-0.39, 0.29) is 12.5 Å². The van der Waals surface area contributed by atoms with Gasteiger partial charge in [0.2, 0.25) is 5.91 Å². The minimum absolute atomic E-state index is 0.0576. The van der Waals surface area contributed by atoms with Crippen LogP contribution < -0.4 is 24.8 Å². The standard InChI is InChI=1S/C19H22N2O4/c1-23-16-4-2-3-14(11-16)7-8-20-19(22)13-21-15-5-6-17-18(12-15)25-10-9-24-17/h2-6,11-12,21H,7-10,13H2,1H3,(H,20,22). The molecule has 0 bridgehead atoms. The van der Waals surface area contributed by atoms with Crippen molar-refractivity contribution < 1.29 is 19.0 Å². The number of benzene rings is 2. The first-order chi connectivity index (χ1) is 12.2. The monoisotopic (exact) mass is 342 g/mol. The Labute approximate surface area is 147 Å². The molecule has 6 heteroatoms. The third-order valence-electron chi connectivity index (χ3n) is 3.87. The van der Waals surface area contributed by atoms with E-state index in [9.17, 15) is 4.79 Å². The average molecular weight is 342 g/mol. The van der Waals surface area contributed by atoms with E-state index in [1.165, 1.54) is 0 Å². The van der Waals surface area contributed by atoms with Crippen LogP contribution in [0, 0.1) is 0 Å². The van der Waals surface area contributed by atoms with Gasteiger partial charge in [0.05, 0.1) is 13.7 Å². The topological polar surface area (TPSA) is 68.8 Å². The summed E-state index contributed by atoms with van der Waals surface area (Å²) in [7, 11) is 1.64. The number of carbonyl (C=O) groups is 1. The summed E-state index contributed by atoms with van der Waals surface area (Å²) in [5, 5.41) is 6.00. The molecule has 2 N–H and O–H groups in total. The lowest BCUT2D eigenvalue weighted by molar-refractivity contribution is -0.119. The molecule has 6 nitrogen and oxygen atoms in total. The summed E-state index contributed by atoms with van der Waals surface area (Å²) in [5.74, 6) is 2.20. The zero-order valence-electron chi connectivity index (χ0n) is 14.2. The Bertz CT molecular complexity index is 733. The first-order valence-corrected chi connectivity index (χ1v) is 8.28. The van der Waals surface area contributed by atoms with Crippen molar-refractivity contribution in [3.8, 4) is 17.2 Å². The number of nitrogens with one attached hydrogen (secondary N) is 2.